The van der Waals surface area contributed by atoms with Crippen LogP contribution >= 0.6 is 0 Å². The summed E-state index contributed by atoms with van der Waals surface area (Å²) < 4.78 is 31.3. The molecule has 0 aliphatic carbocycles. The van der Waals surface area contributed by atoms with Gasteiger partial charge >= 0.3 is 24.1 Å². The van der Waals surface area contributed by atoms with Crippen molar-refractivity contribution in [3.63, 3.8) is 0 Å². The molecule has 220 valence electrons. The normalized spacial score (nSPS) is 20.8. The average Bonchev–Trinajstić information content (AvgIpc) is 2.99. The SMILES string of the molecule is COC(=O)Oc1c(OC)ccnc1C(=O)NC1COC(=O)C(Cc2ccccc2)C(OC(=O)C(C)C)C(C)OC1=O. The summed E-state index contributed by atoms with van der Waals surface area (Å²) in [5, 5.41) is 2.39. The van der Waals surface area contributed by atoms with E-state index in [1.54, 1.807) is 38.1 Å². The van der Waals surface area contributed by atoms with Gasteiger partial charge in [0.2, 0.25) is 5.75 Å². The van der Waals surface area contributed by atoms with E-state index >= 15 is 0 Å². The first-order chi connectivity index (χ1) is 19.5. The Morgan fingerprint density at radius 1 is 1.07 bits per heavy atom. The largest absolute Gasteiger partial charge is 0.513 e. The molecule has 1 N–H and O–H groups in total. The fourth-order valence-corrected chi connectivity index (χ4v) is 3.95. The molecular formula is C28H32N2O11. The van der Waals surface area contributed by atoms with Crippen molar-refractivity contribution in [3.05, 3.63) is 53.9 Å². The van der Waals surface area contributed by atoms with Gasteiger partial charge in [-0.2, -0.15) is 0 Å². The highest BCUT2D eigenvalue weighted by Crippen LogP contribution is 2.30. The highest BCUT2D eigenvalue weighted by Gasteiger charge is 2.42. The Kier molecular flexibility index (Phi) is 10.6. The van der Waals surface area contributed by atoms with Gasteiger partial charge in [-0.15, -0.1) is 0 Å². The van der Waals surface area contributed by atoms with Gasteiger partial charge in [0, 0.05) is 12.3 Å². The number of amides is 1. The van der Waals surface area contributed by atoms with Gasteiger partial charge in [-0.05, 0) is 18.9 Å². The van der Waals surface area contributed by atoms with E-state index in [9.17, 15) is 24.0 Å². The van der Waals surface area contributed by atoms with Crippen molar-refractivity contribution < 1.29 is 52.4 Å². The molecular weight excluding hydrogens is 540 g/mol. The van der Waals surface area contributed by atoms with Crippen LogP contribution in [-0.4, -0.2) is 74.0 Å². The van der Waals surface area contributed by atoms with E-state index in [1.165, 1.54) is 26.3 Å². The van der Waals surface area contributed by atoms with E-state index in [0.29, 0.717) is 0 Å². The second-order valence-corrected chi connectivity index (χ2v) is 9.40. The molecule has 4 atom stereocenters. The second kappa shape index (κ2) is 14.1. The summed E-state index contributed by atoms with van der Waals surface area (Å²) in [6.07, 6.45) is -2.03. The lowest BCUT2D eigenvalue weighted by molar-refractivity contribution is -0.176. The lowest BCUT2D eigenvalue weighted by Crippen LogP contribution is -2.47. The number of carbonyl (C=O) groups excluding carboxylic acids is 5. The molecule has 1 aromatic heterocycles. The number of hydrogen-bond donors (Lipinski definition) is 1. The van der Waals surface area contributed by atoms with Crippen molar-refractivity contribution >= 4 is 30.0 Å². The predicted octanol–water partition coefficient (Wildman–Crippen LogP) is 2.25. The van der Waals surface area contributed by atoms with Gasteiger partial charge < -0.3 is 33.7 Å². The lowest BCUT2D eigenvalue weighted by Gasteiger charge is -2.29. The van der Waals surface area contributed by atoms with E-state index in [-0.39, 0.29) is 17.9 Å². The number of benzene rings is 1. The van der Waals surface area contributed by atoms with Crippen molar-refractivity contribution in [2.75, 3.05) is 20.8 Å². The maximum Gasteiger partial charge on any atom is 0.513 e. The molecule has 4 unspecified atom stereocenters. The summed E-state index contributed by atoms with van der Waals surface area (Å²) in [4.78, 5) is 67.9. The fraction of sp³-hybridized carbons (Fsp3) is 0.429. The number of rotatable bonds is 8. The number of aromatic nitrogens is 1. The molecule has 41 heavy (non-hydrogen) atoms. The van der Waals surface area contributed by atoms with E-state index in [0.717, 1.165) is 12.7 Å². The molecule has 0 radical (unpaired) electrons. The molecule has 1 amide bonds. The summed E-state index contributed by atoms with van der Waals surface area (Å²) >= 11 is 0. The van der Waals surface area contributed by atoms with Gasteiger partial charge in [-0.1, -0.05) is 44.2 Å². The van der Waals surface area contributed by atoms with Crippen LogP contribution in [0, 0.1) is 11.8 Å². The van der Waals surface area contributed by atoms with Crippen LogP contribution in [0.15, 0.2) is 42.6 Å². The molecule has 13 nitrogen and oxygen atoms in total. The summed E-state index contributed by atoms with van der Waals surface area (Å²) in [6, 6.07) is 8.88. The molecule has 2 aromatic rings. The Labute approximate surface area is 236 Å². The summed E-state index contributed by atoms with van der Waals surface area (Å²) in [5.74, 6) is -5.15. The molecule has 13 heteroatoms. The van der Waals surface area contributed by atoms with Crippen LogP contribution in [0.3, 0.4) is 0 Å². The third-order valence-corrected chi connectivity index (χ3v) is 6.12. The second-order valence-electron chi connectivity index (χ2n) is 9.40. The summed E-state index contributed by atoms with van der Waals surface area (Å²) in [6.45, 7) is 4.16. The zero-order chi connectivity index (χ0) is 30.1. The van der Waals surface area contributed by atoms with Gasteiger partial charge in [0.15, 0.2) is 23.6 Å². The number of pyridine rings is 1. The first-order valence-corrected chi connectivity index (χ1v) is 12.8. The molecule has 1 saturated heterocycles. The number of carbonyl (C=O) groups is 5. The zero-order valence-electron chi connectivity index (χ0n) is 23.3. The van der Waals surface area contributed by atoms with Crippen LogP contribution in [0.2, 0.25) is 0 Å². The van der Waals surface area contributed by atoms with Crippen LogP contribution in [0.4, 0.5) is 4.79 Å². The number of nitrogens with zero attached hydrogens (tertiary/aromatic N) is 1. The number of hydrogen-bond acceptors (Lipinski definition) is 12. The lowest BCUT2D eigenvalue weighted by atomic mass is 9.91. The number of cyclic esters (lactones) is 2. The molecule has 0 bridgehead atoms. The van der Waals surface area contributed by atoms with Gasteiger partial charge in [-0.3, -0.25) is 14.4 Å². The highest BCUT2D eigenvalue weighted by molar-refractivity contribution is 5.98. The Hall–Kier alpha value is -4.68. The van der Waals surface area contributed by atoms with E-state index < -0.39 is 72.4 Å². The molecule has 0 saturated carbocycles. The van der Waals surface area contributed by atoms with Crippen LogP contribution in [0.5, 0.6) is 11.5 Å². The Morgan fingerprint density at radius 3 is 2.41 bits per heavy atom. The third kappa shape index (κ3) is 7.93. The molecule has 3 rings (SSSR count). The van der Waals surface area contributed by atoms with Crippen LogP contribution < -0.4 is 14.8 Å². The molecule has 1 aromatic carbocycles. The highest BCUT2D eigenvalue weighted by atomic mass is 16.7. The van der Waals surface area contributed by atoms with Crippen molar-refractivity contribution in [1.82, 2.24) is 10.3 Å². The van der Waals surface area contributed by atoms with E-state index in [2.05, 4.69) is 15.0 Å². The minimum Gasteiger partial charge on any atom is -0.493 e. The van der Waals surface area contributed by atoms with Crippen LogP contribution in [0.25, 0.3) is 0 Å². The first kappa shape index (κ1) is 30.9. The van der Waals surface area contributed by atoms with Crippen LogP contribution in [-0.2, 0) is 39.8 Å². The quantitative estimate of drug-likeness (QED) is 0.363. The Morgan fingerprint density at radius 2 is 1.78 bits per heavy atom. The van der Waals surface area contributed by atoms with Crippen molar-refractivity contribution in [3.8, 4) is 11.5 Å². The predicted molar refractivity (Wildman–Crippen MR) is 140 cm³/mol. The molecule has 1 aliphatic heterocycles. The minimum atomic E-state index is -1.48. The first-order valence-electron chi connectivity index (χ1n) is 12.8. The Balaban J connectivity index is 1.90. The number of ether oxygens (including phenoxy) is 6. The number of nitrogens with one attached hydrogen (secondary N) is 1. The van der Waals surface area contributed by atoms with E-state index in [1.807, 2.05) is 6.07 Å². The molecule has 0 spiro atoms. The van der Waals surface area contributed by atoms with E-state index in [4.69, 9.17) is 23.7 Å². The van der Waals surface area contributed by atoms with Gasteiger partial charge in [0.25, 0.3) is 5.91 Å². The van der Waals surface area contributed by atoms with Crippen molar-refractivity contribution in [2.45, 2.75) is 45.4 Å². The average molecular weight is 573 g/mol. The zero-order valence-corrected chi connectivity index (χ0v) is 23.3. The maximum atomic E-state index is 13.3. The molecule has 1 fully saturated rings. The van der Waals surface area contributed by atoms with Gasteiger partial charge in [0.1, 0.15) is 18.6 Å². The fourth-order valence-electron chi connectivity index (χ4n) is 3.95. The standard InChI is InChI=1S/C28H32N2O11/c1-15(2)25(32)40-22-16(3)39-27(34)19(14-38-26(33)18(22)13-17-9-7-6-8-10-17)30-24(31)21-23(41-28(35)37-5)20(36-4)11-12-29-21/h6-12,15-16,18-19,22H,13-14H2,1-5H3,(H,30,31). The minimum absolute atomic E-state index is 0.00814. The van der Waals surface area contributed by atoms with Crippen molar-refractivity contribution in [2.24, 2.45) is 11.8 Å². The number of methoxy groups -OCH3 is 2. The summed E-state index contributed by atoms with van der Waals surface area (Å²) in [7, 11) is 2.36. The Bertz CT molecular complexity index is 1260. The van der Waals surface area contributed by atoms with Gasteiger partial charge in [-0.25, -0.2) is 14.6 Å². The third-order valence-electron chi connectivity index (χ3n) is 6.12. The molecule has 2 heterocycles. The topological polar surface area (TPSA) is 166 Å². The molecule has 1 aliphatic rings. The maximum absolute atomic E-state index is 13.3. The number of esters is 3. The van der Waals surface area contributed by atoms with Crippen LogP contribution in [0.1, 0.15) is 36.8 Å². The van der Waals surface area contributed by atoms with Crippen molar-refractivity contribution in [1.29, 1.82) is 0 Å². The van der Waals surface area contributed by atoms with Gasteiger partial charge in [0.05, 0.1) is 20.1 Å². The monoisotopic (exact) mass is 572 g/mol. The summed E-state index contributed by atoms with van der Waals surface area (Å²) in [5.41, 5.74) is 0.359. The smallest absolute Gasteiger partial charge is 0.493 e.